The lowest BCUT2D eigenvalue weighted by Crippen LogP contribution is -2.63. The first-order valence-corrected chi connectivity index (χ1v) is 19.4. The van der Waals surface area contributed by atoms with Gasteiger partial charge in [-0.1, -0.05) is 12.1 Å². The molecule has 15 nitrogen and oxygen atoms in total. The number of benzene rings is 2. The topological polar surface area (TPSA) is 162 Å². The van der Waals surface area contributed by atoms with Gasteiger partial charge in [0.15, 0.2) is 11.6 Å². The number of carbonyl (C=O) groups excluding carboxylic acids is 4. The number of halogens is 2. The van der Waals surface area contributed by atoms with E-state index in [4.69, 9.17) is 0 Å². The third-order valence-electron chi connectivity index (χ3n) is 11.5. The van der Waals surface area contributed by atoms with E-state index in [0.29, 0.717) is 54.1 Å². The number of nitrogens with zero attached hydrogens (tertiary/aromatic N) is 9. The van der Waals surface area contributed by atoms with Gasteiger partial charge in [0.25, 0.3) is 11.8 Å². The Kier molecular flexibility index (Phi) is 9.43. The Hall–Kier alpha value is -6.20. The van der Waals surface area contributed by atoms with Crippen LogP contribution < -0.4 is 15.5 Å². The first-order valence-electron chi connectivity index (χ1n) is 19.4. The van der Waals surface area contributed by atoms with Crippen molar-refractivity contribution in [1.29, 1.82) is 0 Å². The molecule has 2 aromatic carbocycles. The fourth-order valence-corrected chi connectivity index (χ4v) is 8.58. The molecule has 7 heterocycles. The Morgan fingerprint density at radius 1 is 0.914 bits per heavy atom. The zero-order chi connectivity index (χ0) is 40.4. The monoisotopic (exact) mass is 789 g/mol. The molecule has 2 N–H and O–H groups in total. The SMILES string of the molecule is Cc1nc2c(F)cc(-c3nc(Nc4ccc(CN5CCN(C6CN(c7cccc8c7C(=O)N(C7CCC(=O)NC7=O)C8=O)C6)CC5)cn4)ncc3F)cc2n1C(C)C. The number of rotatable bonds is 9. The van der Waals surface area contributed by atoms with Gasteiger partial charge in [0.05, 0.1) is 28.5 Å². The summed E-state index contributed by atoms with van der Waals surface area (Å²) in [6.45, 7) is 11.4. The second-order valence-electron chi connectivity index (χ2n) is 15.5. The molecule has 0 bridgehead atoms. The highest BCUT2D eigenvalue weighted by molar-refractivity contribution is 6.25. The number of fused-ring (bicyclic) bond motifs is 2. The lowest BCUT2D eigenvalue weighted by Gasteiger charge is -2.49. The van der Waals surface area contributed by atoms with Crippen molar-refractivity contribution in [1.82, 2.24) is 44.5 Å². The molecule has 0 spiro atoms. The van der Waals surface area contributed by atoms with E-state index < -0.39 is 41.3 Å². The third-order valence-corrected chi connectivity index (χ3v) is 11.5. The molecule has 0 radical (unpaired) electrons. The summed E-state index contributed by atoms with van der Waals surface area (Å²) in [5, 5.41) is 5.29. The molecule has 298 valence electrons. The Bertz CT molecular complexity index is 2490. The number of piperidine rings is 1. The van der Waals surface area contributed by atoms with Gasteiger partial charge < -0.3 is 14.8 Å². The zero-order valence-electron chi connectivity index (χ0n) is 32.2. The average Bonchev–Trinajstić information content (AvgIpc) is 3.66. The van der Waals surface area contributed by atoms with E-state index in [-0.39, 0.29) is 47.2 Å². The van der Waals surface area contributed by atoms with Crippen molar-refractivity contribution in [2.24, 2.45) is 0 Å². The highest BCUT2D eigenvalue weighted by Gasteiger charge is 2.47. The van der Waals surface area contributed by atoms with Crippen LogP contribution >= 0.6 is 0 Å². The molecule has 4 aliphatic rings. The van der Waals surface area contributed by atoms with Gasteiger partial charge in [0, 0.05) is 76.1 Å². The van der Waals surface area contributed by atoms with Gasteiger partial charge in [-0.05, 0) is 63.1 Å². The number of imide groups is 2. The quantitative estimate of drug-likeness (QED) is 0.205. The molecule has 4 aliphatic heterocycles. The van der Waals surface area contributed by atoms with E-state index in [9.17, 15) is 19.2 Å². The van der Waals surface area contributed by atoms with Gasteiger partial charge >= 0.3 is 0 Å². The Labute approximate surface area is 332 Å². The highest BCUT2D eigenvalue weighted by atomic mass is 19.1. The summed E-state index contributed by atoms with van der Waals surface area (Å²) in [5.74, 6) is -1.98. The number of carbonyl (C=O) groups is 4. The van der Waals surface area contributed by atoms with Crippen molar-refractivity contribution in [3.8, 4) is 11.3 Å². The fraction of sp³-hybridized carbons (Fsp3) is 0.366. The van der Waals surface area contributed by atoms with Crippen molar-refractivity contribution in [2.45, 2.75) is 58.3 Å². The van der Waals surface area contributed by atoms with Crippen molar-refractivity contribution < 1.29 is 28.0 Å². The number of imidazole rings is 1. The van der Waals surface area contributed by atoms with Crippen LogP contribution in [0.4, 0.5) is 26.2 Å². The number of hydrogen-bond donors (Lipinski definition) is 2. The van der Waals surface area contributed by atoms with Crippen LogP contribution in [0, 0.1) is 18.6 Å². The van der Waals surface area contributed by atoms with E-state index in [1.165, 1.54) is 6.07 Å². The van der Waals surface area contributed by atoms with Gasteiger partial charge in [-0.3, -0.25) is 39.2 Å². The van der Waals surface area contributed by atoms with Gasteiger partial charge in [-0.2, -0.15) is 0 Å². The molecule has 3 fully saturated rings. The number of aryl methyl sites for hydroxylation is 1. The number of aromatic nitrogens is 5. The minimum absolute atomic E-state index is 0.0299. The predicted octanol–water partition coefficient (Wildman–Crippen LogP) is 4.21. The molecular weight excluding hydrogens is 749 g/mol. The average molecular weight is 790 g/mol. The molecule has 0 aliphatic carbocycles. The second-order valence-corrected chi connectivity index (χ2v) is 15.5. The van der Waals surface area contributed by atoms with E-state index in [1.54, 1.807) is 24.4 Å². The smallest absolute Gasteiger partial charge is 0.264 e. The van der Waals surface area contributed by atoms with Gasteiger partial charge in [0.1, 0.15) is 28.9 Å². The molecular formula is C41H41F2N11O4. The zero-order valence-corrected chi connectivity index (χ0v) is 32.2. The van der Waals surface area contributed by atoms with Crippen LogP contribution in [0.2, 0.25) is 0 Å². The minimum Gasteiger partial charge on any atom is -0.368 e. The molecule has 5 aromatic rings. The summed E-state index contributed by atoms with van der Waals surface area (Å²) in [6.07, 6.45) is 3.04. The molecule has 3 saturated heterocycles. The number of hydrogen-bond acceptors (Lipinski definition) is 12. The van der Waals surface area contributed by atoms with Crippen molar-refractivity contribution in [3.05, 3.63) is 89.0 Å². The Morgan fingerprint density at radius 3 is 2.43 bits per heavy atom. The predicted molar refractivity (Wildman–Crippen MR) is 209 cm³/mol. The Balaban J connectivity index is 0.787. The van der Waals surface area contributed by atoms with E-state index in [2.05, 4.69) is 45.3 Å². The summed E-state index contributed by atoms with van der Waals surface area (Å²) in [5.41, 5.74) is 3.36. The summed E-state index contributed by atoms with van der Waals surface area (Å²) in [4.78, 5) is 76.4. The molecule has 9 rings (SSSR count). The number of nitrogens with one attached hydrogen (secondary N) is 2. The number of amides is 4. The maximum Gasteiger partial charge on any atom is 0.264 e. The molecule has 0 saturated carbocycles. The van der Waals surface area contributed by atoms with E-state index in [1.807, 2.05) is 43.5 Å². The van der Waals surface area contributed by atoms with Crippen LogP contribution in [0.3, 0.4) is 0 Å². The first kappa shape index (κ1) is 37.4. The highest BCUT2D eigenvalue weighted by Crippen LogP contribution is 2.37. The minimum atomic E-state index is -0.999. The molecule has 58 heavy (non-hydrogen) atoms. The van der Waals surface area contributed by atoms with Crippen molar-refractivity contribution in [2.75, 3.05) is 49.5 Å². The molecule has 3 aromatic heterocycles. The van der Waals surface area contributed by atoms with Crippen molar-refractivity contribution >= 4 is 52.1 Å². The standard InChI is InChI=1S/C41H41F2N11O4/c1-22(2)53-23(3)46-37-28(42)15-25(16-32(37)53)36-29(43)18-45-41(49-36)47-33-9-7-24(17-44-33)19-50-11-13-51(14-12-50)26-20-52(21-26)30-6-4-5-27-35(30)40(58)54(39(27)57)31-8-10-34(55)48-38(31)56/h4-7,9,15-18,22,26,31H,8,10-14,19-21H2,1-3H3,(H,48,55,56)(H,44,45,47,49). The maximum atomic E-state index is 15.1. The normalized spacial score (nSPS) is 19.3. The van der Waals surface area contributed by atoms with Crippen LogP contribution in [-0.4, -0.2) is 114 Å². The summed E-state index contributed by atoms with van der Waals surface area (Å²) < 4.78 is 32.1. The van der Waals surface area contributed by atoms with Gasteiger partial charge in [-0.25, -0.2) is 28.7 Å². The molecule has 4 amide bonds. The second kappa shape index (κ2) is 14.6. The lowest BCUT2D eigenvalue weighted by molar-refractivity contribution is -0.136. The van der Waals surface area contributed by atoms with Crippen LogP contribution in [0.1, 0.15) is 64.8 Å². The number of anilines is 3. The Morgan fingerprint density at radius 2 is 1.71 bits per heavy atom. The van der Waals surface area contributed by atoms with Crippen LogP contribution in [0.15, 0.2) is 54.9 Å². The van der Waals surface area contributed by atoms with E-state index in [0.717, 1.165) is 42.8 Å². The van der Waals surface area contributed by atoms with E-state index >= 15 is 8.78 Å². The van der Waals surface area contributed by atoms with Crippen LogP contribution in [-0.2, 0) is 16.1 Å². The molecule has 1 atom stereocenters. The van der Waals surface area contributed by atoms with Crippen LogP contribution in [0.5, 0.6) is 0 Å². The molecule has 17 heteroatoms. The van der Waals surface area contributed by atoms with Crippen LogP contribution in [0.25, 0.3) is 22.3 Å². The van der Waals surface area contributed by atoms with Gasteiger partial charge in [0.2, 0.25) is 17.8 Å². The third kappa shape index (κ3) is 6.62. The van der Waals surface area contributed by atoms with Crippen molar-refractivity contribution in [3.63, 3.8) is 0 Å². The number of piperazine rings is 1. The summed E-state index contributed by atoms with van der Waals surface area (Å²) >= 11 is 0. The largest absolute Gasteiger partial charge is 0.368 e. The molecule has 1 unspecified atom stereocenters. The summed E-state index contributed by atoms with van der Waals surface area (Å²) in [7, 11) is 0. The lowest BCUT2D eigenvalue weighted by atomic mass is 10.00. The maximum absolute atomic E-state index is 15.1. The van der Waals surface area contributed by atoms with Gasteiger partial charge in [-0.15, -0.1) is 0 Å². The first-order chi connectivity index (χ1) is 27.9. The fourth-order valence-electron chi connectivity index (χ4n) is 8.58. The number of pyridine rings is 1. The summed E-state index contributed by atoms with van der Waals surface area (Å²) in [6, 6.07) is 11.3.